The standard InChI is InChI=1S/C20H39N5O.HI/c1-4-21-20(22-14-18(3)24-8-5-6-17(2)15-24)25-9-7-19(16-25)23-10-12-26-13-11-23;/h17-19H,4-16H2,1-3H3,(H,21,22);1H. The topological polar surface area (TPSA) is 43.3 Å². The van der Waals surface area contributed by atoms with Crippen LogP contribution in [0.4, 0.5) is 0 Å². The Hall–Kier alpha value is -0.120. The summed E-state index contributed by atoms with van der Waals surface area (Å²) in [6, 6.07) is 1.19. The van der Waals surface area contributed by atoms with E-state index in [1.54, 1.807) is 0 Å². The molecular weight excluding hydrogens is 453 g/mol. The Morgan fingerprint density at radius 2 is 1.93 bits per heavy atom. The number of guanidine groups is 1. The minimum atomic E-state index is 0. The first kappa shape index (κ1) is 23.2. The predicted octanol–water partition coefficient (Wildman–Crippen LogP) is 2.10. The molecular formula is C20H40IN5O. The van der Waals surface area contributed by atoms with Gasteiger partial charge in [-0.3, -0.25) is 14.8 Å². The van der Waals surface area contributed by atoms with Gasteiger partial charge in [-0.1, -0.05) is 6.92 Å². The van der Waals surface area contributed by atoms with Gasteiger partial charge in [0, 0.05) is 51.4 Å². The van der Waals surface area contributed by atoms with E-state index in [1.807, 2.05) is 0 Å². The van der Waals surface area contributed by atoms with E-state index in [0.29, 0.717) is 12.1 Å². The average molecular weight is 493 g/mol. The number of piperidine rings is 1. The first-order valence-corrected chi connectivity index (χ1v) is 10.8. The number of ether oxygens (including phenoxy) is 1. The smallest absolute Gasteiger partial charge is 0.194 e. The second-order valence-corrected chi connectivity index (χ2v) is 8.32. The van der Waals surface area contributed by atoms with Gasteiger partial charge in [0.1, 0.15) is 0 Å². The largest absolute Gasteiger partial charge is 0.379 e. The van der Waals surface area contributed by atoms with Gasteiger partial charge in [0.25, 0.3) is 0 Å². The minimum absolute atomic E-state index is 0. The first-order chi connectivity index (χ1) is 12.7. The zero-order valence-electron chi connectivity index (χ0n) is 17.5. The van der Waals surface area contributed by atoms with E-state index >= 15 is 0 Å². The van der Waals surface area contributed by atoms with Gasteiger partial charge < -0.3 is 15.0 Å². The van der Waals surface area contributed by atoms with E-state index in [2.05, 4.69) is 40.8 Å². The van der Waals surface area contributed by atoms with Crippen molar-refractivity contribution in [2.75, 3.05) is 65.6 Å². The zero-order valence-corrected chi connectivity index (χ0v) is 19.9. The molecule has 3 unspecified atom stereocenters. The quantitative estimate of drug-likeness (QED) is 0.361. The van der Waals surface area contributed by atoms with Crippen molar-refractivity contribution < 1.29 is 4.74 Å². The molecule has 0 aromatic heterocycles. The highest BCUT2D eigenvalue weighted by Gasteiger charge is 2.30. The zero-order chi connectivity index (χ0) is 18.4. The Morgan fingerprint density at radius 1 is 1.15 bits per heavy atom. The molecule has 0 saturated carbocycles. The molecule has 3 rings (SSSR count). The third kappa shape index (κ3) is 6.72. The number of aliphatic imine (C=N–C) groups is 1. The summed E-state index contributed by atoms with van der Waals surface area (Å²) in [5, 5.41) is 3.53. The van der Waals surface area contributed by atoms with Crippen LogP contribution in [0.15, 0.2) is 4.99 Å². The number of likely N-dealkylation sites (tertiary alicyclic amines) is 2. The van der Waals surface area contributed by atoms with Crippen LogP contribution in [-0.4, -0.2) is 98.3 Å². The van der Waals surface area contributed by atoms with Crippen LogP contribution in [0.2, 0.25) is 0 Å². The summed E-state index contributed by atoms with van der Waals surface area (Å²) in [4.78, 5) is 12.7. The normalized spacial score (nSPS) is 29.4. The maximum absolute atomic E-state index is 5.51. The molecule has 0 amide bonds. The molecule has 1 N–H and O–H groups in total. The second kappa shape index (κ2) is 11.8. The molecule has 3 aliphatic heterocycles. The number of hydrogen-bond acceptors (Lipinski definition) is 4. The Morgan fingerprint density at radius 3 is 2.63 bits per heavy atom. The number of nitrogens with one attached hydrogen (secondary N) is 1. The summed E-state index contributed by atoms with van der Waals surface area (Å²) in [5.74, 6) is 1.94. The van der Waals surface area contributed by atoms with Gasteiger partial charge in [0.05, 0.1) is 19.8 Å². The molecule has 158 valence electrons. The molecule has 6 nitrogen and oxygen atoms in total. The number of nitrogens with zero attached hydrogens (tertiary/aromatic N) is 4. The number of rotatable bonds is 5. The Labute approximate surface area is 183 Å². The van der Waals surface area contributed by atoms with Crippen LogP contribution in [-0.2, 0) is 4.74 Å². The van der Waals surface area contributed by atoms with Crippen molar-refractivity contribution in [1.82, 2.24) is 20.0 Å². The lowest BCUT2D eigenvalue weighted by Gasteiger charge is -2.35. The Bertz CT molecular complexity index is 458. The van der Waals surface area contributed by atoms with Crippen LogP contribution in [0.1, 0.15) is 40.0 Å². The van der Waals surface area contributed by atoms with Crippen LogP contribution in [0, 0.1) is 5.92 Å². The highest BCUT2D eigenvalue weighted by molar-refractivity contribution is 14.0. The molecule has 0 aliphatic carbocycles. The van der Waals surface area contributed by atoms with Gasteiger partial charge >= 0.3 is 0 Å². The molecule has 27 heavy (non-hydrogen) atoms. The van der Waals surface area contributed by atoms with E-state index in [1.165, 1.54) is 32.4 Å². The SMILES string of the molecule is CCNC(=NCC(C)N1CCCC(C)C1)N1CCC(N2CCOCC2)C1.I. The molecule has 3 atom stereocenters. The van der Waals surface area contributed by atoms with Gasteiger partial charge in [0.15, 0.2) is 5.96 Å². The minimum Gasteiger partial charge on any atom is -0.379 e. The molecule has 3 saturated heterocycles. The number of morpholine rings is 1. The second-order valence-electron chi connectivity index (χ2n) is 8.32. The molecule has 0 spiro atoms. The number of hydrogen-bond donors (Lipinski definition) is 1. The van der Waals surface area contributed by atoms with Gasteiger partial charge in [-0.25, -0.2) is 0 Å². The van der Waals surface area contributed by atoms with Gasteiger partial charge in [-0.2, -0.15) is 0 Å². The van der Waals surface area contributed by atoms with Crippen molar-refractivity contribution >= 4 is 29.9 Å². The van der Waals surface area contributed by atoms with Gasteiger partial charge in [-0.05, 0) is 45.6 Å². The molecule has 0 bridgehead atoms. The fourth-order valence-electron chi connectivity index (χ4n) is 4.56. The molecule has 7 heteroatoms. The van der Waals surface area contributed by atoms with E-state index in [0.717, 1.165) is 64.4 Å². The molecule has 3 fully saturated rings. The van der Waals surface area contributed by atoms with Crippen molar-refractivity contribution in [2.24, 2.45) is 10.9 Å². The number of halogens is 1. The molecule has 0 aromatic carbocycles. The van der Waals surface area contributed by atoms with Crippen molar-refractivity contribution in [1.29, 1.82) is 0 Å². The summed E-state index contributed by atoms with van der Waals surface area (Å²) in [7, 11) is 0. The average Bonchev–Trinajstić information content (AvgIpc) is 3.15. The summed E-state index contributed by atoms with van der Waals surface area (Å²) in [6.45, 7) is 17.3. The fourth-order valence-corrected chi connectivity index (χ4v) is 4.56. The van der Waals surface area contributed by atoms with Crippen molar-refractivity contribution in [3.05, 3.63) is 0 Å². The summed E-state index contributed by atoms with van der Waals surface area (Å²) in [5.41, 5.74) is 0. The highest BCUT2D eigenvalue weighted by atomic mass is 127. The van der Waals surface area contributed by atoms with Crippen molar-refractivity contribution in [2.45, 2.75) is 52.1 Å². The lowest BCUT2D eigenvalue weighted by molar-refractivity contribution is 0.0195. The van der Waals surface area contributed by atoms with Gasteiger partial charge in [0.2, 0.25) is 0 Å². The maximum Gasteiger partial charge on any atom is 0.194 e. The van der Waals surface area contributed by atoms with Gasteiger partial charge in [-0.15, -0.1) is 24.0 Å². The predicted molar refractivity (Wildman–Crippen MR) is 123 cm³/mol. The third-order valence-corrected chi connectivity index (χ3v) is 6.18. The van der Waals surface area contributed by atoms with Crippen molar-refractivity contribution in [3.63, 3.8) is 0 Å². The third-order valence-electron chi connectivity index (χ3n) is 6.18. The first-order valence-electron chi connectivity index (χ1n) is 10.8. The van der Waals surface area contributed by atoms with E-state index in [4.69, 9.17) is 9.73 Å². The highest BCUT2D eigenvalue weighted by Crippen LogP contribution is 2.19. The Kier molecular flexibility index (Phi) is 10.1. The molecule has 0 aromatic rings. The lowest BCUT2D eigenvalue weighted by atomic mass is 9.99. The van der Waals surface area contributed by atoms with Crippen LogP contribution >= 0.6 is 24.0 Å². The monoisotopic (exact) mass is 493 g/mol. The molecule has 3 heterocycles. The van der Waals surface area contributed by atoms with Crippen LogP contribution in [0.5, 0.6) is 0 Å². The van der Waals surface area contributed by atoms with Crippen LogP contribution in [0.25, 0.3) is 0 Å². The van der Waals surface area contributed by atoms with E-state index in [9.17, 15) is 0 Å². The summed E-state index contributed by atoms with van der Waals surface area (Å²) >= 11 is 0. The maximum atomic E-state index is 5.51. The van der Waals surface area contributed by atoms with Crippen LogP contribution < -0.4 is 5.32 Å². The van der Waals surface area contributed by atoms with E-state index in [-0.39, 0.29) is 24.0 Å². The fraction of sp³-hybridized carbons (Fsp3) is 0.950. The van der Waals surface area contributed by atoms with Crippen LogP contribution in [0.3, 0.4) is 0 Å². The Balaban J connectivity index is 0.00000261. The van der Waals surface area contributed by atoms with Crippen molar-refractivity contribution in [3.8, 4) is 0 Å². The molecule has 0 radical (unpaired) electrons. The summed E-state index contributed by atoms with van der Waals surface area (Å²) < 4.78 is 5.51. The molecule has 3 aliphatic rings. The van der Waals surface area contributed by atoms with E-state index < -0.39 is 0 Å². The lowest BCUT2D eigenvalue weighted by Crippen LogP contribution is -2.47. The summed E-state index contributed by atoms with van der Waals surface area (Å²) in [6.07, 6.45) is 3.96.